The average Bonchev–Trinajstić information content (AvgIpc) is 2.97. The fraction of sp³-hybridized carbons (Fsp3) is 0.176. The quantitative estimate of drug-likeness (QED) is 0.690. The molecule has 1 unspecified atom stereocenters. The number of benzene rings is 2. The molecule has 1 aromatic heterocycles. The maximum atomic E-state index is 11.2. The van der Waals surface area contributed by atoms with Gasteiger partial charge in [0.05, 0.1) is 17.1 Å². The van der Waals surface area contributed by atoms with Gasteiger partial charge in [-0.25, -0.2) is 14.7 Å². The number of anilines is 1. The number of carbonyl (C=O) groups is 1. The highest BCUT2D eigenvalue weighted by molar-refractivity contribution is 5.87. The van der Waals surface area contributed by atoms with Crippen LogP contribution in [0.25, 0.3) is 11.0 Å². The summed E-state index contributed by atoms with van der Waals surface area (Å²) >= 11 is 0. The molecule has 23 heavy (non-hydrogen) atoms. The van der Waals surface area contributed by atoms with Crippen molar-refractivity contribution in [2.24, 2.45) is 5.73 Å². The van der Waals surface area contributed by atoms with Gasteiger partial charge in [0.2, 0.25) is 5.95 Å². The van der Waals surface area contributed by atoms with E-state index in [4.69, 9.17) is 5.73 Å². The number of carboxylic acid groups (broad SMARTS) is 1. The smallest absolute Gasteiger partial charge is 0.414 e. The van der Waals surface area contributed by atoms with E-state index in [-0.39, 0.29) is 6.04 Å². The molecule has 0 bridgehead atoms. The molecule has 6 nitrogen and oxygen atoms in total. The second kappa shape index (κ2) is 6.10. The molecular formula is C17H18N4O2. The van der Waals surface area contributed by atoms with Gasteiger partial charge in [0.15, 0.2) is 0 Å². The zero-order valence-electron chi connectivity index (χ0n) is 12.7. The molecule has 6 heteroatoms. The van der Waals surface area contributed by atoms with E-state index < -0.39 is 6.09 Å². The summed E-state index contributed by atoms with van der Waals surface area (Å²) in [6.45, 7) is 2.09. The molecule has 3 aromatic rings. The number of amides is 1. The molecule has 0 aliphatic carbocycles. The van der Waals surface area contributed by atoms with Gasteiger partial charge >= 0.3 is 6.09 Å². The standard InChI is InChI=1S/C17H18N4O2/c1-2-21(17(22)23)16-19-13-9-8-12(10-14(13)20-16)15(18)11-6-4-3-5-7-11/h3-10,15H,2,18H2,1H3,(H,19,20)(H,22,23). The van der Waals surface area contributed by atoms with Crippen LogP contribution < -0.4 is 10.6 Å². The molecule has 1 atom stereocenters. The van der Waals surface area contributed by atoms with E-state index in [2.05, 4.69) is 9.97 Å². The van der Waals surface area contributed by atoms with E-state index in [1.54, 1.807) is 6.92 Å². The Labute approximate surface area is 133 Å². The van der Waals surface area contributed by atoms with Crippen molar-refractivity contribution < 1.29 is 9.90 Å². The molecule has 0 saturated heterocycles. The topological polar surface area (TPSA) is 95.2 Å². The van der Waals surface area contributed by atoms with E-state index in [9.17, 15) is 9.90 Å². The van der Waals surface area contributed by atoms with Gasteiger partial charge in [-0.3, -0.25) is 0 Å². The van der Waals surface area contributed by atoms with E-state index in [1.165, 1.54) is 0 Å². The maximum Gasteiger partial charge on any atom is 0.414 e. The first-order valence-corrected chi connectivity index (χ1v) is 7.40. The molecule has 3 rings (SSSR count). The van der Waals surface area contributed by atoms with Crippen LogP contribution in [-0.4, -0.2) is 27.7 Å². The van der Waals surface area contributed by atoms with Crippen LogP contribution in [0.3, 0.4) is 0 Å². The van der Waals surface area contributed by atoms with Crippen molar-refractivity contribution in [3.8, 4) is 0 Å². The molecule has 0 fully saturated rings. The van der Waals surface area contributed by atoms with E-state index in [0.29, 0.717) is 18.0 Å². The lowest BCUT2D eigenvalue weighted by Gasteiger charge is -2.12. The fourth-order valence-electron chi connectivity index (χ4n) is 2.56. The Morgan fingerprint density at radius 2 is 2.00 bits per heavy atom. The van der Waals surface area contributed by atoms with Crippen molar-refractivity contribution in [2.75, 3.05) is 11.4 Å². The Bertz CT molecular complexity index is 829. The first-order chi connectivity index (χ1) is 11.1. The summed E-state index contributed by atoms with van der Waals surface area (Å²) in [5.74, 6) is 0.320. The number of aromatic nitrogens is 2. The number of nitrogens with zero attached hydrogens (tertiary/aromatic N) is 2. The summed E-state index contributed by atoms with van der Waals surface area (Å²) in [4.78, 5) is 19.8. The predicted octanol–water partition coefficient (Wildman–Crippen LogP) is 3.12. The molecular weight excluding hydrogens is 292 g/mol. The van der Waals surface area contributed by atoms with Gasteiger partial charge in [-0.15, -0.1) is 0 Å². The van der Waals surface area contributed by atoms with Crippen LogP contribution in [0, 0.1) is 0 Å². The number of H-pyrrole nitrogens is 1. The molecule has 0 spiro atoms. The van der Waals surface area contributed by atoms with Crippen LogP contribution in [0.1, 0.15) is 24.1 Å². The highest BCUT2D eigenvalue weighted by Gasteiger charge is 2.17. The molecule has 2 aromatic carbocycles. The molecule has 4 N–H and O–H groups in total. The monoisotopic (exact) mass is 310 g/mol. The zero-order valence-corrected chi connectivity index (χ0v) is 12.7. The first-order valence-electron chi connectivity index (χ1n) is 7.40. The number of nitrogens with one attached hydrogen (secondary N) is 1. The first kappa shape index (κ1) is 15.1. The van der Waals surface area contributed by atoms with Crippen molar-refractivity contribution in [3.05, 3.63) is 59.7 Å². The summed E-state index contributed by atoms with van der Waals surface area (Å²) < 4.78 is 0. The Balaban J connectivity index is 1.98. The second-order valence-corrected chi connectivity index (χ2v) is 5.25. The number of fused-ring (bicyclic) bond motifs is 1. The number of aromatic amines is 1. The highest BCUT2D eigenvalue weighted by Crippen LogP contribution is 2.24. The summed E-state index contributed by atoms with van der Waals surface area (Å²) in [6, 6.07) is 15.3. The minimum absolute atomic E-state index is 0.242. The number of rotatable bonds is 4. The number of hydrogen-bond acceptors (Lipinski definition) is 3. The molecule has 0 aliphatic rings. The molecule has 1 amide bonds. The highest BCUT2D eigenvalue weighted by atomic mass is 16.4. The van der Waals surface area contributed by atoms with Gasteiger partial charge in [-0.2, -0.15) is 0 Å². The molecule has 118 valence electrons. The van der Waals surface area contributed by atoms with E-state index in [1.807, 2.05) is 48.5 Å². The van der Waals surface area contributed by atoms with Crippen LogP contribution >= 0.6 is 0 Å². The van der Waals surface area contributed by atoms with Gasteiger partial charge in [-0.1, -0.05) is 36.4 Å². The summed E-state index contributed by atoms with van der Waals surface area (Å²) in [5, 5.41) is 9.19. The number of hydrogen-bond donors (Lipinski definition) is 3. The third-order valence-electron chi connectivity index (χ3n) is 3.81. The molecule has 1 heterocycles. The van der Waals surface area contributed by atoms with Crippen LogP contribution in [0.15, 0.2) is 48.5 Å². The zero-order chi connectivity index (χ0) is 16.4. The Morgan fingerprint density at radius 3 is 2.65 bits per heavy atom. The third-order valence-corrected chi connectivity index (χ3v) is 3.81. The van der Waals surface area contributed by atoms with Crippen molar-refractivity contribution in [2.45, 2.75) is 13.0 Å². The fourth-order valence-corrected chi connectivity index (χ4v) is 2.56. The summed E-state index contributed by atoms with van der Waals surface area (Å²) in [6.07, 6.45) is -1.03. The van der Waals surface area contributed by atoms with Crippen LogP contribution in [0.5, 0.6) is 0 Å². The van der Waals surface area contributed by atoms with Crippen molar-refractivity contribution in [3.63, 3.8) is 0 Å². The summed E-state index contributed by atoms with van der Waals surface area (Å²) in [5.41, 5.74) is 9.75. The average molecular weight is 310 g/mol. The van der Waals surface area contributed by atoms with Gasteiger partial charge in [0.1, 0.15) is 0 Å². The predicted molar refractivity (Wildman–Crippen MR) is 89.6 cm³/mol. The van der Waals surface area contributed by atoms with Gasteiger partial charge < -0.3 is 15.8 Å². The van der Waals surface area contributed by atoms with Crippen LogP contribution in [0.4, 0.5) is 10.7 Å². The third kappa shape index (κ3) is 2.89. The molecule has 0 saturated carbocycles. The van der Waals surface area contributed by atoms with Crippen LogP contribution in [-0.2, 0) is 0 Å². The minimum atomic E-state index is -1.03. The van der Waals surface area contributed by atoms with Crippen molar-refractivity contribution >= 4 is 23.1 Å². The largest absolute Gasteiger partial charge is 0.465 e. The van der Waals surface area contributed by atoms with E-state index in [0.717, 1.165) is 21.5 Å². The van der Waals surface area contributed by atoms with Gasteiger partial charge in [0, 0.05) is 6.54 Å². The summed E-state index contributed by atoms with van der Waals surface area (Å²) in [7, 11) is 0. The lowest BCUT2D eigenvalue weighted by atomic mass is 9.99. The normalized spacial score (nSPS) is 12.3. The van der Waals surface area contributed by atoms with E-state index >= 15 is 0 Å². The number of imidazole rings is 1. The van der Waals surface area contributed by atoms with Crippen molar-refractivity contribution in [1.29, 1.82) is 0 Å². The lowest BCUT2D eigenvalue weighted by molar-refractivity contribution is 0.202. The van der Waals surface area contributed by atoms with Crippen molar-refractivity contribution in [1.82, 2.24) is 9.97 Å². The Morgan fingerprint density at radius 1 is 1.26 bits per heavy atom. The Hall–Kier alpha value is -2.86. The lowest BCUT2D eigenvalue weighted by Crippen LogP contribution is -2.29. The number of nitrogens with two attached hydrogens (primary N) is 1. The Kier molecular flexibility index (Phi) is 3.99. The van der Waals surface area contributed by atoms with Gasteiger partial charge in [0.25, 0.3) is 0 Å². The van der Waals surface area contributed by atoms with Crippen LogP contribution in [0.2, 0.25) is 0 Å². The second-order valence-electron chi connectivity index (χ2n) is 5.25. The molecule has 0 aliphatic heterocycles. The molecule has 0 radical (unpaired) electrons. The maximum absolute atomic E-state index is 11.2. The van der Waals surface area contributed by atoms with Gasteiger partial charge in [-0.05, 0) is 30.2 Å². The minimum Gasteiger partial charge on any atom is -0.465 e. The SMILES string of the molecule is CCN(C(=O)O)c1nc2ccc(C(N)c3ccccc3)cc2[nH]1.